The van der Waals surface area contributed by atoms with Crippen molar-refractivity contribution in [2.75, 3.05) is 20.2 Å². The first-order valence-corrected chi connectivity index (χ1v) is 9.36. The molecule has 6 nitrogen and oxygen atoms in total. The number of ether oxygens (including phenoxy) is 1. The van der Waals surface area contributed by atoms with Crippen LogP contribution in [0.5, 0.6) is 5.75 Å². The molecule has 1 amide bonds. The number of allylic oxidation sites excluding steroid dienone is 1. The molecule has 0 aliphatic heterocycles. The highest BCUT2D eigenvalue weighted by Crippen LogP contribution is 2.43. The summed E-state index contributed by atoms with van der Waals surface area (Å²) < 4.78 is 5.25. The van der Waals surface area contributed by atoms with Crippen molar-refractivity contribution < 1.29 is 9.53 Å². The van der Waals surface area contributed by atoms with Gasteiger partial charge in [-0.05, 0) is 37.3 Å². The average Bonchev–Trinajstić information content (AvgIpc) is 3.35. The van der Waals surface area contributed by atoms with Crippen molar-refractivity contribution in [1.82, 2.24) is 14.9 Å². The number of halogens is 2. The summed E-state index contributed by atoms with van der Waals surface area (Å²) in [5, 5.41) is 0. The Bertz CT molecular complexity index is 854. The van der Waals surface area contributed by atoms with Crippen LogP contribution in [0, 0.1) is 17.8 Å². The molecular weight excluding hydrogens is 399 g/mol. The van der Waals surface area contributed by atoms with E-state index in [4.69, 9.17) is 10.5 Å². The van der Waals surface area contributed by atoms with E-state index in [1.54, 1.807) is 7.11 Å². The van der Waals surface area contributed by atoms with Crippen molar-refractivity contribution >= 4 is 41.8 Å². The Kier molecular flexibility index (Phi) is 7.37. The zero-order valence-electron chi connectivity index (χ0n) is 16.1. The van der Waals surface area contributed by atoms with Crippen molar-refractivity contribution in [2.45, 2.75) is 25.8 Å². The monoisotopic (exact) mass is 426 g/mol. The summed E-state index contributed by atoms with van der Waals surface area (Å²) in [6.07, 6.45) is 6.08. The first-order valence-electron chi connectivity index (χ1n) is 9.36. The molecule has 1 aromatic carbocycles. The van der Waals surface area contributed by atoms with E-state index in [1.165, 1.54) is 0 Å². The van der Waals surface area contributed by atoms with Gasteiger partial charge in [-0.25, -0.2) is 4.98 Å². The van der Waals surface area contributed by atoms with Crippen LogP contribution < -0.4 is 10.5 Å². The van der Waals surface area contributed by atoms with E-state index in [2.05, 4.69) is 22.1 Å². The highest BCUT2D eigenvalue weighted by Gasteiger charge is 2.47. The van der Waals surface area contributed by atoms with E-state index in [0.717, 1.165) is 29.0 Å². The van der Waals surface area contributed by atoms with Crippen LogP contribution in [0.2, 0.25) is 0 Å². The smallest absolute Gasteiger partial charge is 0.227 e. The number of nitrogens with zero attached hydrogens (tertiary/aromatic N) is 2. The third kappa shape index (κ3) is 4.00. The number of carbonyl (C=O) groups excluding carboxylic acids is 1. The lowest BCUT2D eigenvalue weighted by molar-refractivity contribution is -0.136. The van der Waals surface area contributed by atoms with Crippen LogP contribution in [0.4, 0.5) is 0 Å². The zero-order valence-corrected chi connectivity index (χ0v) is 17.8. The number of benzene rings is 1. The van der Waals surface area contributed by atoms with Crippen LogP contribution in [-0.4, -0.2) is 47.0 Å². The molecular formula is C20H28Cl2N4O2. The van der Waals surface area contributed by atoms with Gasteiger partial charge in [0.15, 0.2) is 0 Å². The van der Waals surface area contributed by atoms with Gasteiger partial charge < -0.3 is 20.4 Å². The second-order valence-corrected chi connectivity index (χ2v) is 7.29. The number of fused-ring (bicyclic) bond motifs is 3. The lowest BCUT2D eigenvalue weighted by atomic mass is 9.88. The zero-order chi connectivity index (χ0) is 18.3. The topological polar surface area (TPSA) is 84.2 Å². The number of carbonyl (C=O) groups is 1. The number of aromatic amines is 1. The molecule has 1 saturated carbocycles. The summed E-state index contributed by atoms with van der Waals surface area (Å²) in [7, 11) is 1.65. The standard InChI is InChI=1S/C20H26N4O2.2ClH/c1-3-24(20(25)18-12-4-5-13(10-12)19(18)21)9-8-17-22-15-7-6-14(26-2)11-16(15)23-17;;/h4-7,11-13,18-19H,3,8-10,21H2,1-2H3,(H,22,23);2*1H/t12-,13+,18-,19+;;/m1../s1. The Morgan fingerprint density at radius 1 is 1.32 bits per heavy atom. The lowest BCUT2D eigenvalue weighted by Gasteiger charge is -2.30. The van der Waals surface area contributed by atoms with Crippen molar-refractivity contribution in [3.05, 3.63) is 36.2 Å². The van der Waals surface area contributed by atoms with E-state index in [1.807, 2.05) is 30.0 Å². The largest absolute Gasteiger partial charge is 0.497 e. The summed E-state index contributed by atoms with van der Waals surface area (Å²) >= 11 is 0. The Morgan fingerprint density at radius 2 is 2.07 bits per heavy atom. The molecule has 0 saturated heterocycles. The maximum atomic E-state index is 13.0. The number of methoxy groups -OCH3 is 1. The summed E-state index contributed by atoms with van der Waals surface area (Å²) in [5.41, 5.74) is 8.18. The number of hydrogen-bond donors (Lipinski definition) is 2. The predicted molar refractivity (Wildman–Crippen MR) is 115 cm³/mol. The van der Waals surface area contributed by atoms with E-state index < -0.39 is 0 Å². The maximum Gasteiger partial charge on any atom is 0.227 e. The first kappa shape index (κ1) is 22.5. The molecule has 4 rings (SSSR count). The fourth-order valence-corrected chi connectivity index (χ4v) is 4.37. The molecule has 1 aromatic heterocycles. The van der Waals surface area contributed by atoms with Crippen LogP contribution in [0.15, 0.2) is 30.4 Å². The third-order valence-corrected chi connectivity index (χ3v) is 5.86. The molecule has 4 atom stereocenters. The Morgan fingerprint density at radius 3 is 2.71 bits per heavy atom. The minimum absolute atomic E-state index is 0. The van der Waals surface area contributed by atoms with Gasteiger partial charge in [0.05, 0.1) is 24.1 Å². The molecule has 1 fully saturated rings. The number of H-pyrrole nitrogens is 1. The number of aromatic nitrogens is 2. The number of nitrogens with one attached hydrogen (secondary N) is 1. The molecule has 0 radical (unpaired) electrons. The molecule has 2 bridgehead atoms. The van der Waals surface area contributed by atoms with Crippen molar-refractivity contribution in [2.24, 2.45) is 23.5 Å². The van der Waals surface area contributed by atoms with Gasteiger partial charge in [0.2, 0.25) is 5.91 Å². The van der Waals surface area contributed by atoms with Crippen LogP contribution in [-0.2, 0) is 11.2 Å². The molecule has 1 heterocycles. The number of hydrogen-bond acceptors (Lipinski definition) is 4. The van der Waals surface area contributed by atoms with Gasteiger partial charge in [-0.1, -0.05) is 12.2 Å². The van der Waals surface area contributed by atoms with Crippen molar-refractivity contribution in [3.8, 4) is 5.75 Å². The second-order valence-electron chi connectivity index (χ2n) is 7.29. The third-order valence-electron chi connectivity index (χ3n) is 5.86. The maximum absolute atomic E-state index is 13.0. The molecule has 2 aliphatic rings. The molecule has 28 heavy (non-hydrogen) atoms. The minimum Gasteiger partial charge on any atom is -0.497 e. The van der Waals surface area contributed by atoms with Crippen LogP contribution in [0.3, 0.4) is 0 Å². The van der Waals surface area contributed by atoms with Crippen LogP contribution in [0.1, 0.15) is 19.2 Å². The molecule has 0 spiro atoms. The average molecular weight is 427 g/mol. The van der Waals surface area contributed by atoms with E-state index in [0.29, 0.717) is 31.3 Å². The number of rotatable bonds is 6. The molecule has 3 N–H and O–H groups in total. The van der Waals surface area contributed by atoms with Crippen LogP contribution >= 0.6 is 24.8 Å². The molecule has 2 aromatic rings. The molecule has 0 unspecified atom stereocenters. The lowest BCUT2D eigenvalue weighted by Crippen LogP contribution is -2.46. The van der Waals surface area contributed by atoms with E-state index in [9.17, 15) is 4.79 Å². The van der Waals surface area contributed by atoms with Gasteiger partial charge in [0, 0.05) is 31.6 Å². The van der Waals surface area contributed by atoms with Gasteiger partial charge >= 0.3 is 0 Å². The summed E-state index contributed by atoms with van der Waals surface area (Å²) in [4.78, 5) is 22.9. The Labute approximate surface area is 177 Å². The first-order chi connectivity index (χ1) is 12.6. The van der Waals surface area contributed by atoms with Crippen molar-refractivity contribution in [1.29, 1.82) is 0 Å². The number of likely N-dealkylation sites (N-methyl/N-ethyl adjacent to an activating group) is 1. The fraction of sp³-hybridized carbons (Fsp3) is 0.500. The van der Waals surface area contributed by atoms with Gasteiger partial charge in [0.25, 0.3) is 0 Å². The van der Waals surface area contributed by atoms with Gasteiger partial charge in [-0.3, -0.25) is 4.79 Å². The number of nitrogens with two attached hydrogens (primary N) is 1. The Hall–Kier alpha value is -1.76. The molecule has 154 valence electrons. The fourth-order valence-electron chi connectivity index (χ4n) is 4.37. The van der Waals surface area contributed by atoms with E-state index in [-0.39, 0.29) is 42.7 Å². The Balaban J connectivity index is 0.00000140. The quantitative estimate of drug-likeness (QED) is 0.695. The van der Waals surface area contributed by atoms with E-state index >= 15 is 0 Å². The van der Waals surface area contributed by atoms with Gasteiger partial charge in [0.1, 0.15) is 11.6 Å². The predicted octanol–water partition coefficient (Wildman–Crippen LogP) is 2.96. The highest BCUT2D eigenvalue weighted by molar-refractivity contribution is 5.85. The normalized spacial score (nSPS) is 24.7. The SMILES string of the molecule is CCN(CCc1nc2ccc(OC)cc2[nH]1)C(=O)[C@H]1[C@@H](N)[C@H]2C=C[C@@H]1C2.Cl.Cl. The van der Waals surface area contributed by atoms with Gasteiger partial charge in [-0.2, -0.15) is 0 Å². The summed E-state index contributed by atoms with van der Waals surface area (Å²) in [6, 6.07) is 5.75. The van der Waals surface area contributed by atoms with Crippen LogP contribution in [0.25, 0.3) is 11.0 Å². The minimum atomic E-state index is -0.0649. The number of imidazole rings is 1. The van der Waals surface area contributed by atoms with Crippen molar-refractivity contribution in [3.63, 3.8) is 0 Å². The van der Waals surface area contributed by atoms with Gasteiger partial charge in [-0.15, -0.1) is 24.8 Å². The summed E-state index contributed by atoms with van der Waals surface area (Å²) in [6.45, 7) is 3.36. The highest BCUT2D eigenvalue weighted by atomic mass is 35.5. The number of amides is 1. The molecule has 2 aliphatic carbocycles. The summed E-state index contributed by atoms with van der Waals surface area (Å²) in [5.74, 6) is 2.50. The second kappa shape index (κ2) is 9.16. The molecule has 8 heteroatoms.